The molecular weight excluding hydrogens is 743 g/mol. The summed E-state index contributed by atoms with van der Waals surface area (Å²) in [5.41, 5.74) is -2.48. The molecule has 3 N–H and O–H groups in total. The minimum atomic E-state index is -5.16. The van der Waals surface area contributed by atoms with Crippen LogP contribution < -0.4 is 10.0 Å². The Morgan fingerprint density at radius 2 is 1.78 bits per heavy atom. The van der Waals surface area contributed by atoms with Crippen molar-refractivity contribution in [2.24, 2.45) is 13.0 Å². The molecule has 10 nitrogen and oxygen atoms in total. The minimum absolute atomic E-state index is 0.0166. The zero-order valence-electron chi connectivity index (χ0n) is 29.0. The minimum Gasteiger partial charge on any atom is -0.380 e. The second kappa shape index (κ2) is 14.5. The molecule has 18 heteroatoms. The third-order valence-electron chi connectivity index (χ3n) is 8.77. The Morgan fingerprint density at radius 3 is 2.43 bits per heavy atom. The summed E-state index contributed by atoms with van der Waals surface area (Å²) in [5.74, 6) is -0.341. The van der Waals surface area contributed by atoms with Crippen molar-refractivity contribution < 1.29 is 44.8 Å². The van der Waals surface area contributed by atoms with Gasteiger partial charge in [-0.05, 0) is 60.6 Å². The number of aryl methyl sites for hydroxylation is 1. The maximum absolute atomic E-state index is 15.1. The van der Waals surface area contributed by atoms with Gasteiger partial charge in [0.05, 0.1) is 17.3 Å². The first-order valence-electron chi connectivity index (χ1n) is 16.4. The number of anilines is 1. The number of para-hydroxylation sites is 1. The van der Waals surface area contributed by atoms with Gasteiger partial charge in [0.25, 0.3) is 5.92 Å². The van der Waals surface area contributed by atoms with Crippen LogP contribution in [0.15, 0.2) is 48.5 Å². The molecule has 284 valence electrons. The normalized spacial score (nSPS) is 15.4. The van der Waals surface area contributed by atoms with Crippen molar-refractivity contribution in [1.29, 1.82) is 0 Å². The third-order valence-corrected chi connectivity index (χ3v) is 9.25. The van der Waals surface area contributed by atoms with Gasteiger partial charge in [-0.25, -0.2) is 22.8 Å². The number of aliphatic hydroxyl groups is 1. The number of aliphatic hydroxyl groups excluding tert-OH is 1. The quantitative estimate of drug-likeness (QED) is 0.118. The van der Waals surface area contributed by atoms with Gasteiger partial charge in [0.2, 0.25) is 0 Å². The van der Waals surface area contributed by atoms with Gasteiger partial charge in [0.1, 0.15) is 40.1 Å². The summed E-state index contributed by atoms with van der Waals surface area (Å²) in [5, 5.41) is 21.1. The number of fused-ring (bicyclic) bond motifs is 2. The average Bonchev–Trinajstić information content (AvgIpc) is 3.73. The second-order valence-corrected chi connectivity index (χ2v) is 14.2. The number of nitrogens with zero attached hydrogens (tertiary/aromatic N) is 5. The molecule has 54 heavy (non-hydrogen) atoms. The molecule has 0 fully saturated rings. The van der Waals surface area contributed by atoms with Gasteiger partial charge in [0, 0.05) is 47.9 Å². The Kier molecular flexibility index (Phi) is 10.3. The van der Waals surface area contributed by atoms with Crippen molar-refractivity contribution in [3.05, 3.63) is 94.1 Å². The number of alkyl halides is 5. The number of hydrogen-bond donors (Lipinski definition) is 3. The van der Waals surface area contributed by atoms with Crippen molar-refractivity contribution in [3.8, 4) is 23.0 Å². The Bertz CT molecular complexity index is 2340. The molecule has 0 radical (unpaired) electrons. The number of rotatable bonds is 8. The number of carbonyl (C=O) groups is 1. The average molecular weight is 776 g/mol. The largest absolute Gasteiger partial charge is 0.435 e. The molecule has 5 aromatic rings. The molecule has 1 aliphatic rings. The first kappa shape index (κ1) is 38.4. The standard InChI is InChI=1S/C36H32F7N7O3S/c1-18(2)28(51)11-9-22-8-10-23(24-6-5-7-25-30(24)49(3)47-33(25)48-54(4)53)29(44-22)27(16-19-14-20(37)17-21(38)15-19)45-34(52)50-32-26(12-13-35(32,39)40)31(46-50)36(41,42)43/h5-8,10,14-15,17-18,27-28,51H,12-13,16H2,1-4H3,(H,45,52)(H,47,48). The molecule has 0 bridgehead atoms. The van der Waals surface area contributed by atoms with E-state index in [9.17, 15) is 36.1 Å². The van der Waals surface area contributed by atoms with Crippen LogP contribution in [-0.2, 0) is 43.0 Å². The highest BCUT2D eigenvalue weighted by Crippen LogP contribution is 2.46. The van der Waals surface area contributed by atoms with E-state index < -0.39 is 89.1 Å². The molecule has 3 aromatic heterocycles. The molecule has 3 atom stereocenters. The van der Waals surface area contributed by atoms with Crippen molar-refractivity contribution in [1.82, 2.24) is 29.9 Å². The van der Waals surface area contributed by atoms with Gasteiger partial charge in [-0.2, -0.15) is 36.8 Å². The second-order valence-electron chi connectivity index (χ2n) is 13.1. The fourth-order valence-corrected chi connectivity index (χ4v) is 6.77. The third kappa shape index (κ3) is 7.69. The molecule has 3 unspecified atom stereocenters. The molecule has 0 saturated heterocycles. The summed E-state index contributed by atoms with van der Waals surface area (Å²) in [6, 6.07) is 7.69. The molecular formula is C36H32F7N7O3S. The molecule has 2 aromatic carbocycles. The lowest BCUT2D eigenvalue weighted by Gasteiger charge is -2.23. The zero-order valence-corrected chi connectivity index (χ0v) is 29.8. The lowest BCUT2D eigenvalue weighted by atomic mass is 9.94. The highest BCUT2D eigenvalue weighted by Gasteiger charge is 2.51. The predicted octanol–water partition coefficient (Wildman–Crippen LogP) is 6.78. The van der Waals surface area contributed by atoms with Crippen molar-refractivity contribution in [3.63, 3.8) is 0 Å². The van der Waals surface area contributed by atoms with Gasteiger partial charge >= 0.3 is 12.2 Å². The van der Waals surface area contributed by atoms with E-state index in [1.54, 1.807) is 45.2 Å². The van der Waals surface area contributed by atoms with Crippen LogP contribution in [0.5, 0.6) is 0 Å². The van der Waals surface area contributed by atoms with Crippen LogP contribution in [0.3, 0.4) is 0 Å². The van der Waals surface area contributed by atoms with Crippen LogP contribution in [0, 0.1) is 29.4 Å². The van der Waals surface area contributed by atoms with Crippen LogP contribution in [-0.4, -0.2) is 52.3 Å². The van der Waals surface area contributed by atoms with E-state index in [1.807, 2.05) is 0 Å². The molecule has 1 amide bonds. The van der Waals surface area contributed by atoms with Crippen LogP contribution in [0.25, 0.3) is 22.0 Å². The van der Waals surface area contributed by atoms with Crippen LogP contribution >= 0.6 is 0 Å². The van der Waals surface area contributed by atoms with Gasteiger partial charge in [-0.3, -0.25) is 9.40 Å². The lowest BCUT2D eigenvalue weighted by molar-refractivity contribution is -0.142. The number of benzene rings is 2. The topological polar surface area (TPSA) is 127 Å². The highest BCUT2D eigenvalue weighted by atomic mass is 32.2. The number of pyridine rings is 1. The fraction of sp³-hybridized carbons (Fsp3) is 0.333. The van der Waals surface area contributed by atoms with Crippen LogP contribution in [0.1, 0.15) is 60.2 Å². The van der Waals surface area contributed by atoms with E-state index in [2.05, 4.69) is 37.1 Å². The summed E-state index contributed by atoms with van der Waals surface area (Å²) < 4.78 is 117. The first-order valence-corrected chi connectivity index (χ1v) is 18.0. The molecule has 0 saturated carbocycles. The van der Waals surface area contributed by atoms with Gasteiger partial charge < -0.3 is 10.4 Å². The Labute approximate surface area is 306 Å². The highest BCUT2D eigenvalue weighted by molar-refractivity contribution is 7.85. The zero-order chi connectivity index (χ0) is 39.3. The van der Waals surface area contributed by atoms with E-state index in [4.69, 9.17) is 0 Å². The first-order chi connectivity index (χ1) is 25.3. The van der Waals surface area contributed by atoms with E-state index in [1.165, 1.54) is 17.0 Å². The molecule has 0 aliphatic heterocycles. The van der Waals surface area contributed by atoms with E-state index >= 15 is 8.78 Å². The SMILES string of the molecule is CC(C)C(O)C#Cc1ccc(-c2cccc3c(NS(C)=O)nn(C)c23)c(C(Cc2cc(F)cc(F)c2)NC(=O)n2nc(C(F)(F)F)c3c2C(F)(F)CC3)n1. The summed E-state index contributed by atoms with van der Waals surface area (Å²) in [4.78, 5) is 18.6. The van der Waals surface area contributed by atoms with Crippen molar-refractivity contribution in [2.75, 3.05) is 11.0 Å². The van der Waals surface area contributed by atoms with E-state index in [0.717, 1.165) is 12.1 Å². The Hall–Kier alpha value is -5.28. The fourth-order valence-electron chi connectivity index (χ4n) is 6.35. The van der Waals surface area contributed by atoms with Gasteiger partial charge in [0.15, 0.2) is 11.5 Å². The number of halogens is 7. The van der Waals surface area contributed by atoms with Crippen LogP contribution in [0.4, 0.5) is 41.3 Å². The smallest absolute Gasteiger partial charge is 0.380 e. The van der Waals surface area contributed by atoms with Crippen LogP contribution in [0.2, 0.25) is 0 Å². The molecule has 1 aliphatic carbocycles. The molecule has 3 heterocycles. The summed E-state index contributed by atoms with van der Waals surface area (Å²) in [6.07, 6.45) is -6.91. The number of nitrogens with one attached hydrogen (secondary N) is 2. The van der Waals surface area contributed by atoms with E-state index in [-0.39, 0.29) is 38.9 Å². The summed E-state index contributed by atoms with van der Waals surface area (Å²) >= 11 is 0. The molecule has 6 rings (SSSR count). The van der Waals surface area contributed by atoms with Gasteiger partial charge in [-0.15, -0.1) is 0 Å². The number of hydrogen-bond acceptors (Lipinski definition) is 6. The summed E-state index contributed by atoms with van der Waals surface area (Å²) in [7, 11) is 0.101. The maximum Gasteiger partial charge on any atom is 0.435 e. The Morgan fingerprint density at radius 1 is 1.07 bits per heavy atom. The summed E-state index contributed by atoms with van der Waals surface area (Å²) in [6.45, 7) is 3.47. The number of aromatic nitrogens is 5. The van der Waals surface area contributed by atoms with Gasteiger partial charge in [-0.1, -0.05) is 31.9 Å². The Balaban J connectivity index is 1.58. The monoisotopic (exact) mass is 775 g/mol. The predicted molar refractivity (Wildman–Crippen MR) is 186 cm³/mol. The van der Waals surface area contributed by atoms with Crippen molar-refractivity contribution in [2.45, 2.75) is 57.4 Å². The maximum atomic E-state index is 15.1. The molecule has 0 spiro atoms. The van der Waals surface area contributed by atoms with E-state index in [0.29, 0.717) is 22.5 Å². The number of carbonyl (C=O) groups excluding carboxylic acids is 1. The van der Waals surface area contributed by atoms with Crippen molar-refractivity contribution >= 4 is 33.7 Å². The number of amides is 1. The lowest BCUT2D eigenvalue weighted by Crippen LogP contribution is -2.37.